The third-order valence-electron chi connectivity index (χ3n) is 5.04. The van der Waals surface area contributed by atoms with Crippen molar-refractivity contribution < 1.29 is 14.0 Å². The van der Waals surface area contributed by atoms with Crippen LogP contribution in [0.2, 0.25) is 0 Å². The van der Waals surface area contributed by atoms with Crippen LogP contribution in [0.3, 0.4) is 0 Å². The summed E-state index contributed by atoms with van der Waals surface area (Å²) in [6.07, 6.45) is 3.39. The van der Waals surface area contributed by atoms with E-state index < -0.39 is 0 Å². The van der Waals surface area contributed by atoms with E-state index in [0.717, 1.165) is 37.1 Å². The van der Waals surface area contributed by atoms with Gasteiger partial charge in [0, 0.05) is 30.3 Å². The van der Waals surface area contributed by atoms with E-state index in [9.17, 15) is 14.0 Å². The maximum atomic E-state index is 13.6. The molecule has 5 heteroatoms. The Morgan fingerprint density at radius 1 is 1.15 bits per heavy atom. The molecule has 1 aliphatic carbocycles. The van der Waals surface area contributed by atoms with E-state index in [0.29, 0.717) is 17.7 Å². The number of aryl methyl sites for hydroxylation is 1. The highest BCUT2D eigenvalue weighted by atomic mass is 19.1. The molecule has 4 rings (SSSR count). The molecule has 1 fully saturated rings. The summed E-state index contributed by atoms with van der Waals surface area (Å²) < 4.78 is 13.6. The smallest absolute Gasteiger partial charge is 0.230 e. The molecule has 26 heavy (non-hydrogen) atoms. The second-order valence-corrected chi connectivity index (χ2v) is 7.00. The van der Waals surface area contributed by atoms with E-state index in [1.165, 1.54) is 6.07 Å². The Labute approximate surface area is 152 Å². The van der Waals surface area contributed by atoms with Crippen LogP contribution in [0.15, 0.2) is 42.5 Å². The van der Waals surface area contributed by atoms with Crippen molar-refractivity contribution in [1.29, 1.82) is 0 Å². The maximum absolute atomic E-state index is 13.6. The lowest BCUT2D eigenvalue weighted by molar-refractivity contribution is -0.119. The number of nitrogens with zero attached hydrogens (tertiary/aromatic N) is 1. The van der Waals surface area contributed by atoms with Gasteiger partial charge in [0.1, 0.15) is 5.82 Å². The SMILES string of the molecule is O=C(CCc1ccccc1F)Nc1ccc2c(c1)N(C(=O)C1CC1)CC2. The van der Waals surface area contributed by atoms with E-state index in [1.807, 2.05) is 23.1 Å². The van der Waals surface area contributed by atoms with E-state index in [4.69, 9.17) is 0 Å². The summed E-state index contributed by atoms with van der Waals surface area (Å²) in [6, 6.07) is 12.2. The molecule has 134 valence electrons. The van der Waals surface area contributed by atoms with Gasteiger partial charge in [-0.25, -0.2) is 4.39 Å². The lowest BCUT2D eigenvalue weighted by atomic mass is 10.1. The molecule has 1 saturated carbocycles. The van der Waals surface area contributed by atoms with E-state index >= 15 is 0 Å². The number of hydrogen-bond acceptors (Lipinski definition) is 2. The van der Waals surface area contributed by atoms with Crippen LogP contribution in [0.1, 0.15) is 30.4 Å². The van der Waals surface area contributed by atoms with Crippen molar-refractivity contribution in [3.8, 4) is 0 Å². The topological polar surface area (TPSA) is 49.4 Å². The zero-order chi connectivity index (χ0) is 18.1. The predicted molar refractivity (Wildman–Crippen MR) is 98.6 cm³/mol. The molecule has 4 nitrogen and oxygen atoms in total. The van der Waals surface area contributed by atoms with Crippen molar-refractivity contribution in [2.24, 2.45) is 5.92 Å². The minimum atomic E-state index is -0.285. The molecule has 0 atom stereocenters. The third-order valence-corrected chi connectivity index (χ3v) is 5.04. The molecule has 1 N–H and O–H groups in total. The average Bonchev–Trinajstić information content (AvgIpc) is 3.40. The number of fused-ring (bicyclic) bond motifs is 1. The van der Waals surface area contributed by atoms with Crippen LogP contribution < -0.4 is 10.2 Å². The van der Waals surface area contributed by atoms with Crippen LogP contribution in [0.25, 0.3) is 0 Å². The Morgan fingerprint density at radius 2 is 1.96 bits per heavy atom. The van der Waals surface area contributed by atoms with Crippen molar-refractivity contribution in [3.05, 3.63) is 59.4 Å². The van der Waals surface area contributed by atoms with Crippen molar-refractivity contribution in [3.63, 3.8) is 0 Å². The number of carbonyl (C=O) groups is 2. The lowest BCUT2D eigenvalue weighted by Crippen LogP contribution is -2.30. The van der Waals surface area contributed by atoms with E-state index in [-0.39, 0.29) is 30.0 Å². The molecule has 1 aliphatic heterocycles. The van der Waals surface area contributed by atoms with Crippen LogP contribution in [0.4, 0.5) is 15.8 Å². The number of halogens is 1. The van der Waals surface area contributed by atoms with Crippen LogP contribution in [0.5, 0.6) is 0 Å². The largest absolute Gasteiger partial charge is 0.326 e. The predicted octanol–water partition coefficient (Wildman–Crippen LogP) is 3.70. The second-order valence-electron chi connectivity index (χ2n) is 7.00. The number of benzene rings is 2. The molecule has 2 amide bonds. The van der Waals surface area contributed by atoms with Gasteiger partial charge in [-0.2, -0.15) is 0 Å². The van der Waals surface area contributed by atoms with Gasteiger partial charge in [0.2, 0.25) is 11.8 Å². The fourth-order valence-electron chi connectivity index (χ4n) is 3.41. The summed E-state index contributed by atoms with van der Waals surface area (Å²) >= 11 is 0. The minimum absolute atomic E-state index is 0.161. The van der Waals surface area contributed by atoms with Gasteiger partial charge in [-0.1, -0.05) is 24.3 Å². The normalized spacial score (nSPS) is 15.7. The van der Waals surface area contributed by atoms with Gasteiger partial charge in [-0.3, -0.25) is 9.59 Å². The number of rotatable bonds is 5. The Bertz CT molecular complexity index is 861. The molecule has 0 unspecified atom stereocenters. The lowest BCUT2D eigenvalue weighted by Gasteiger charge is -2.18. The molecule has 2 aromatic rings. The molecular weight excluding hydrogens is 331 g/mol. The first-order chi connectivity index (χ1) is 12.6. The monoisotopic (exact) mass is 352 g/mol. The molecule has 0 spiro atoms. The van der Waals surface area contributed by atoms with Crippen molar-refractivity contribution >= 4 is 23.2 Å². The summed E-state index contributed by atoms with van der Waals surface area (Å²) in [6.45, 7) is 0.718. The molecule has 0 saturated heterocycles. The summed E-state index contributed by atoms with van der Waals surface area (Å²) in [5.74, 6) is -0.0647. The average molecular weight is 352 g/mol. The second kappa shape index (κ2) is 6.90. The van der Waals surface area contributed by atoms with Gasteiger partial charge in [0.25, 0.3) is 0 Å². The van der Waals surface area contributed by atoms with Gasteiger partial charge in [-0.15, -0.1) is 0 Å². The molecular formula is C21H21FN2O2. The first-order valence-electron chi connectivity index (χ1n) is 9.09. The fourth-order valence-corrected chi connectivity index (χ4v) is 3.41. The minimum Gasteiger partial charge on any atom is -0.326 e. The quantitative estimate of drug-likeness (QED) is 0.892. The highest BCUT2D eigenvalue weighted by Gasteiger charge is 2.36. The molecule has 0 radical (unpaired) electrons. The van der Waals surface area contributed by atoms with Gasteiger partial charge in [0.05, 0.1) is 0 Å². The third kappa shape index (κ3) is 3.47. The van der Waals surface area contributed by atoms with Crippen LogP contribution >= 0.6 is 0 Å². The van der Waals surface area contributed by atoms with Crippen molar-refractivity contribution in [2.45, 2.75) is 32.1 Å². The van der Waals surface area contributed by atoms with Crippen LogP contribution in [-0.2, 0) is 22.4 Å². The highest BCUT2D eigenvalue weighted by Crippen LogP contribution is 2.37. The highest BCUT2D eigenvalue weighted by molar-refractivity contribution is 5.99. The fraction of sp³-hybridized carbons (Fsp3) is 0.333. The zero-order valence-electron chi connectivity index (χ0n) is 14.5. The Hall–Kier alpha value is -2.69. The van der Waals surface area contributed by atoms with E-state index in [2.05, 4.69) is 5.32 Å². The van der Waals surface area contributed by atoms with E-state index in [1.54, 1.807) is 18.2 Å². The summed E-state index contributed by atoms with van der Waals surface area (Å²) in [5.41, 5.74) is 3.27. The molecule has 0 bridgehead atoms. The molecule has 2 aromatic carbocycles. The first kappa shape index (κ1) is 16.8. The number of hydrogen-bond donors (Lipinski definition) is 1. The molecule has 2 aliphatic rings. The number of anilines is 2. The Balaban J connectivity index is 1.41. The summed E-state index contributed by atoms with van der Waals surface area (Å²) in [4.78, 5) is 26.5. The molecule has 0 aromatic heterocycles. The van der Waals surface area contributed by atoms with Gasteiger partial charge in [-0.05, 0) is 55.0 Å². The number of amides is 2. The summed E-state index contributed by atoms with van der Waals surface area (Å²) in [7, 11) is 0. The van der Waals surface area contributed by atoms with Crippen molar-refractivity contribution in [2.75, 3.05) is 16.8 Å². The summed E-state index contributed by atoms with van der Waals surface area (Å²) in [5, 5.41) is 2.87. The van der Waals surface area contributed by atoms with Gasteiger partial charge >= 0.3 is 0 Å². The first-order valence-corrected chi connectivity index (χ1v) is 9.09. The van der Waals surface area contributed by atoms with Gasteiger partial charge < -0.3 is 10.2 Å². The van der Waals surface area contributed by atoms with Crippen LogP contribution in [0, 0.1) is 11.7 Å². The number of carbonyl (C=O) groups excluding carboxylic acids is 2. The Morgan fingerprint density at radius 3 is 2.73 bits per heavy atom. The number of nitrogens with one attached hydrogen (secondary N) is 1. The molecule has 1 heterocycles. The zero-order valence-corrected chi connectivity index (χ0v) is 14.5. The maximum Gasteiger partial charge on any atom is 0.230 e. The van der Waals surface area contributed by atoms with Crippen molar-refractivity contribution in [1.82, 2.24) is 0 Å². The van der Waals surface area contributed by atoms with Gasteiger partial charge in [0.15, 0.2) is 0 Å². The Kier molecular flexibility index (Phi) is 4.45. The standard InChI is InChI=1S/C21H21FN2O2/c22-18-4-2-1-3-14(18)8-10-20(25)23-17-9-7-15-11-12-24(19(15)13-17)21(26)16-5-6-16/h1-4,7,9,13,16H,5-6,8,10-12H2,(H,23,25). The van der Waals surface area contributed by atoms with Crippen LogP contribution in [-0.4, -0.2) is 18.4 Å².